The maximum Gasteiger partial charge on any atom is 0.168 e. The third kappa shape index (κ3) is 3.33. The highest BCUT2D eigenvalue weighted by Crippen LogP contribution is 2.69. The van der Waals surface area contributed by atoms with E-state index in [1.165, 1.54) is 64.2 Å². The van der Waals surface area contributed by atoms with Crippen molar-refractivity contribution in [3.05, 3.63) is 0 Å². The molecule has 1 saturated heterocycles. The van der Waals surface area contributed by atoms with Gasteiger partial charge in [0, 0.05) is 12.8 Å². The highest BCUT2D eigenvalue weighted by atomic mass is 16.7. The smallest absolute Gasteiger partial charge is 0.168 e. The molecule has 4 saturated carbocycles. The van der Waals surface area contributed by atoms with Gasteiger partial charge in [0.1, 0.15) is 0 Å². The van der Waals surface area contributed by atoms with Crippen LogP contribution in [0.2, 0.25) is 0 Å². The molecule has 2 nitrogen and oxygen atoms in total. The van der Waals surface area contributed by atoms with Gasteiger partial charge in [-0.05, 0) is 97.2 Å². The van der Waals surface area contributed by atoms with Crippen molar-refractivity contribution in [3.63, 3.8) is 0 Å². The predicted octanol–water partition coefficient (Wildman–Crippen LogP) is 7.46. The molecule has 5 fully saturated rings. The minimum absolute atomic E-state index is 0.204. The molecule has 0 aromatic heterocycles. The third-order valence-corrected chi connectivity index (χ3v) is 11.4. The van der Waals surface area contributed by atoms with E-state index in [1.807, 2.05) is 0 Å². The Morgan fingerprint density at radius 2 is 1.50 bits per heavy atom. The SMILES string of the molecule is CC(C)CCC(C)C1CCC2C3CC[C@H]4CC5(CC[C@]4(C)C3CC[C@]12C)OCCO5. The maximum atomic E-state index is 6.15. The molecule has 5 unspecified atom stereocenters. The summed E-state index contributed by atoms with van der Waals surface area (Å²) in [5.41, 5.74) is 1.15. The Bertz CT molecular complexity index is 622. The lowest BCUT2D eigenvalue weighted by Crippen LogP contribution is -2.56. The van der Waals surface area contributed by atoms with Crippen LogP contribution in [0.4, 0.5) is 0 Å². The summed E-state index contributed by atoms with van der Waals surface area (Å²) in [5.74, 6) is 6.30. The molecule has 5 rings (SSSR count). The van der Waals surface area contributed by atoms with Crippen molar-refractivity contribution in [1.82, 2.24) is 0 Å². The molecule has 1 spiro atoms. The van der Waals surface area contributed by atoms with E-state index in [9.17, 15) is 0 Å². The van der Waals surface area contributed by atoms with Gasteiger partial charge in [0.15, 0.2) is 5.79 Å². The largest absolute Gasteiger partial charge is 0.348 e. The van der Waals surface area contributed by atoms with Crippen molar-refractivity contribution in [1.29, 1.82) is 0 Å². The van der Waals surface area contributed by atoms with E-state index in [1.54, 1.807) is 0 Å². The Hall–Kier alpha value is -0.0800. The molecule has 30 heavy (non-hydrogen) atoms. The number of hydrogen-bond donors (Lipinski definition) is 0. The zero-order valence-electron chi connectivity index (χ0n) is 20.6. The average molecular weight is 417 g/mol. The minimum Gasteiger partial charge on any atom is -0.348 e. The van der Waals surface area contributed by atoms with Crippen molar-refractivity contribution >= 4 is 0 Å². The van der Waals surface area contributed by atoms with Crippen molar-refractivity contribution in [3.8, 4) is 0 Å². The second-order valence-electron chi connectivity index (χ2n) is 13.1. The lowest BCUT2D eigenvalue weighted by atomic mass is 9.44. The van der Waals surface area contributed by atoms with Crippen LogP contribution in [-0.2, 0) is 9.47 Å². The van der Waals surface area contributed by atoms with Crippen LogP contribution in [0.15, 0.2) is 0 Å². The summed E-state index contributed by atoms with van der Waals surface area (Å²) in [4.78, 5) is 0. The van der Waals surface area contributed by atoms with Crippen LogP contribution in [0.25, 0.3) is 0 Å². The second kappa shape index (κ2) is 7.75. The molecule has 0 radical (unpaired) electrons. The van der Waals surface area contributed by atoms with Crippen LogP contribution in [0, 0.1) is 52.3 Å². The molecule has 1 heterocycles. The lowest BCUT2D eigenvalue weighted by Gasteiger charge is -2.62. The van der Waals surface area contributed by atoms with Crippen LogP contribution in [0.3, 0.4) is 0 Å². The van der Waals surface area contributed by atoms with Crippen molar-refractivity contribution in [2.24, 2.45) is 52.3 Å². The molecule has 0 amide bonds. The van der Waals surface area contributed by atoms with Gasteiger partial charge < -0.3 is 9.47 Å². The molecule has 0 aromatic carbocycles. The van der Waals surface area contributed by atoms with Crippen molar-refractivity contribution in [2.45, 2.75) is 111 Å². The van der Waals surface area contributed by atoms with E-state index in [2.05, 4.69) is 34.6 Å². The van der Waals surface area contributed by atoms with Crippen molar-refractivity contribution in [2.75, 3.05) is 13.2 Å². The molecule has 8 atom stereocenters. The number of ether oxygens (including phenoxy) is 2. The fourth-order valence-corrected chi connectivity index (χ4v) is 9.73. The fraction of sp³-hybridized carbons (Fsp3) is 1.00. The Morgan fingerprint density at radius 3 is 2.23 bits per heavy atom. The quantitative estimate of drug-likeness (QED) is 0.473. The summed E-state index contributed by atoms with van der Waals surface area (Å²) >= 11 is 0. The molecule has 172 valence electrons. The molecule has 1 aliphatic heterocycles. The predicted molar refractivity (Wildman–Crippen MR) is 123 cm³/mol. The zero-order valence-corrected chi connectivity index (χ0v) is 20.6. The highest BCUT2D eigenvalue weighted by molar-refractivity contribution is 5.10. The fourth-order valence-electron chi connectivity index (χ4n) is 9.73. The van der Waals surface area contributed by atoms with Gasteiger partial charge >= 0.3 is 0 Å². The first kappa shape index (κ1) is 21.7. The molecule has 4 aliphatic carbocycles. The van der Waals surface area contributed by atoms with Gasteiger partial charge in [0.2, 0.25) is 0 Å². The van der Waals surface area contributed by atoms with E-state index in [-0.39, 0.29) is 5.79 Å². The standard InChI is InChI=1S/C28H48O2/c1-19(2)6-7-20(3)23-10-11-24-22-9-8-21-18-28(29-16-17-30-28)15-14-26(21,4)25(22)12-13-27(23,24)5/h19-25H,6-18H2,1-5H3/t20?,21-,22?,23?,24?,25?,26-,27+/m0/s1. The Kier molecular flexibility index (Phi) is 5.62. The van der Waals surface area contributed by atoms with Gasteiger partial charge in [-0.1, -0.05) is 47.5 Å². The molecular formula is C28H48O2. The monoisotopic (exact) mass is 416 g/mol. The van der Waals surface area contributed by atoms with Crippen LogP contribution in [-0.4, -0.2) is 19.0 Å². The minimum atomic E-state index is -0.204. The van der Waals surface area contributed by atoms with Crippen molar-refractivity contribution < 1.29 is 9.47 Å². The van der Waals surface area contributed by atoms with E-state index >= 15 is 0 Å². The molecule has 5 aliphatic rings. The topological polar surface area (TPSA) is 18.5 Å². The average Bonchev–Trinajstić information content (AvgIpc) is 3.31. The highest BCUT2D eigenvalue weighted by Gasteiger charge is 2.62. The number of fused-ring (bicyclic) bond motifs is 5. The van der Waals surface area contributed by atoms with E-state index in [4.69, 9.17) is 9.47 Å². The Morgan fingerprint density at radius 1 is 0.767 bits per heavy atom. The van der Waals surface area contributed by atoms with Crippen LogP contribution < -0.4 is 0 Å². The Labute approximate surface area is 186 Å². The summed E-state index contributed by atoms with van der Waals surface area (Å²) in [6.45, 7) is 14.4. The van der Waals surface area contributed by atoms with Gasteiger partial charge in [-0.2, -0.15) is 0 Å². The number of hydrogen-bond acceptors (Lipinski definition) is 2. The van der Waals surface area contributed by atoms with Crippen LogP contribution >= 0.6 is 0 Å². The van der Waals surface area contributed by atoms with Crippen LogP contribution in [0.5, 0.6) is 0 Å². The van der Waals surface area contributed by atoms with E-state index < -0.39 is 0 Å². The zero-order chi connectivity index (χ0) is 21.1. The summed E-state index contributed by atoms with van der Waals surface area (Å²) in [7, 11) is 0. The molecular weight excluding hydrogens is 368 g/mol. The summed E-state index contributed by atoms with van der Waals surface area (Å²) in [5, 5.41) is 0. The number of rotatable bonds is 4. The lowest BCUT2D eigenvalue weighted by molar-refractivity contribution is -0.229. The summed E-state index contributed by atoms with van der Waals surface area (Å²) in [6, 6.07) is 0. The second-order valence-corrected chi connectivity index (χ2v) is 13.1. The van der Waals surface area contributed by atoms with Gasteiger partial charge in [-0.25, -0.2) is 0 Å². The summed E-state index contributed by atoms with van der Waals surface area (Å²) < 4.78 is 12.3. The van der Waals surface area contributed by atoms with E-state index in [0.717, 1.165) is 61.1 Å². The first-order valence-electron chi connectivity index (χ1n) is 13.6. The van der Waals surface area contributed by atoms with Gasteiger partial charge in [0.25, 0.3) is 0 Å². The molecule has 0 bridgehead atoms. The van der Waals surface area contributed by atoms with Gasteiger partial charge in [-0.3, -0.25) is 0 Å². The summed E-state index contributed by atoms with van der Waals surface area (Å²) in [6.07, 6.45) is 15.4. The van der Waals surface area contributed by atoms with E-state index in [0.29, 0.717) is 10.8 Å². The normalized spacial score (nSPS) is 48.4. The Balaban J connectivity index is 1.31. The maximum absolute atomic E-state index is 6.15. The third-order valence-electron chi connectivity index (χ3n) is 11.4. The molecule has 0 N–H and O–H groups in total. The first-order valence-corrected chi connectivity index (χ1v) is 13.6. The first-order chi connectivity index (χ1) is 14.3. The van der Waals surface area contributed by atoms with Gasteiger partial charge in [0.05, 0.1) is 13.2 Å². The van der Waals surface area contributed by atoms with Crippen LogP contribution in [0.1, 0.15) is 105 Å². The molecule has 0 aromatic rings. The van der Waals surface area contributed by atoms with Gasteiger partial charge in [-0.15, -0.1) is 0 Å². The molecule has 2 heteroatoms.